The Kier molecular flexibility index (Phi) is 4.66. The van der Waals surface area contributed by atoms with E-state index in [9.17, 15) is 13.2 Å². The van der Waals surface area contributed by atoms with Gasteiger partial charge in [0.25, 0.3) is 0 Å². The van der Waals surface area contributed by atoms with Gasteiger partial charge in [0.15, 0.2) is 0 Å². The minimum atomic E-state index is -4.19. The summed E-state index contributed by atoms with van der Waals surface area (Å²) in [6.45, 7) is -2.47. The standard InChI is InChI=1S/C9H14N2O7S/c12-3-9(4-13,5-14)11-19(17,18)6-1-7(8(15)16)10-2-6/h1-2,10-14H,3-5H2,(H,15,16). The van der Waals surface area contributed by atoms with Crippen LogP contribution in [0.3, 0.4) is 0 Å². The Hall–Kier alpha value is -1.46. The maximum Gasteiger partial charge on any atom is 0.352 e. The number of hydrogen-bond donors (Lipinski definition) is 6. The number of aliphatic hydroxyl groups excluding tert-OH is 3. The molecule has 0 saturated heterocycles. The molecule has 1 rings (SSSR count). The van der Waals surface area contributed by atoms with E-state index in [2.05, 4.69) is 4.98 Å². The third-order valence-electron chi connectivity index (χ3n) is 2.46. The van der Waals surface area contributed by atoms with Gasteiger partial charge in [0, 0.05) is 6.20 Å². The van der Waals surface area contributed by atoms with Gasteiger partial charge in [0.1, 0.15) is 16.1 Å². The summed E-state index contributed by atoms with van der Waals surface area (Å²) in [5.74, 6) is -1.33. The average molecular weight is 294 g/mol. The van der Waals surface area contributed by atoms with Crippen molar-refractivity contribution in [2.75, 3.05) is 19.8 Å². The van der Waals surface area contributed by atoms with Gasteiger partial charge in [-0.15, -0.1) is 0 Å². The van der Waals surface area contributed by atoms with E-state index in [1.165, 1.54) is 0 Å². The Morgan fingerprint density at radius 3 is 2.16 bits per heavy atom. The summed E-state index contributed by atoms with van der Waals surface area (Å²) >= 11 is 0. The highest BCUT2D eigenvalue weighted by atomic mass is 32.2. The molecule has 9 nitrogen and oxygen atoms in total. The highest BCUT2D eigenvalue weighted by Crippen LogP contribution is 2.14. The number of aromatic carboxylic acids is 1. The van der Waals surface area contributed by atoms with Crippen molar-refractivity contribution in [1.82, 2.24) is 9.71 Å². The molecule has 0 unspecified atom stereocenters. The van der Waals surface area contributed by atoms with Gasteiger partial charge in [-0.2, -0.15) is 4.72 Å². The van der Waals surface area contributed by atoms with Gasteiger partial charge < -0.3 is 25.4 Å². The van der Waals surface area contributed by atoms with Crippen LogP contribution in [0.2, 0.25) is 0 Å². The number of aromatic nitrogens is 1. The highest BCUT2D eigenvalue weighted by Gasteiger charge is 2.34. The topological polar surface area (TPSA) is 160 Å². The van der Waals surface area contributed by atoms with Crippen molar-refractivity contribution in [2.45, 2.75) is 10.4 Å². The molecular weight excluding hydrogens is 280 g/mol. The zero-order valence-electron chi connectivity index (χ0n) is 9.70. The van der Waals surface area contributed by atoms with Crippen LogP contribution in [-0.2, 0) is 10.0 Å². The molecule has 0 aliphatic carbocycles. The molecule has 19 heavy (non-hydrogen) atoms. The summed E-state index contributed by atoms with van der Waals surface area (Å²) in [5.41, 5.74) is -2.15. The van der Waals surface area contributed by atoms with Gasteiger partial charge in [-0.05, 0) is 6.07 Å². The molecular formula is C9H14N2O7S. The molecule has 0 radical (unpaired) electrons. The van der Waals surface area contributed by atoms with E-state index in [4.69, 9.17) is 20.4 Å². The minimum Gasteiger partial charge on any atom is -0.477 e. The maximum absolute atomic E-state index is 11.9. The number of aliphatic hydroxyl groups is 3. The number of carboxylic acids is 1. The number of sulfonamides is 1. The summed E-state index contributed by atoms with van der Waals surface area (Å²) in [5, 5.41) is 35.8. The van der Waals surface area contributed by atoms with E-state index in [1.807, 2.05) is 4.72 Å². The number of H-pyrrole nitrogens is 1. The fourth-order valence-corrected chi connectivity index (χ4v) is 2.61. The number of nitrogens with one attached hydrogen (secondary N) is 2. The highest BCUT2D eigenvalue weighted by molar-refractivity contribution is 7.89. The van der Waals surface area contributed by atoms with E-state index in [0.717, 1.165) is 12.3 Å². The first-order valence-electron chi connectivity index (χ1n) is 5.08. The molecule has 0 saturated carbocycles. The van der Waals surface area contributed by atoms with Crippen molar-refractivity contribution >= 4 is 16.0 Å². The van der Waals surface area contributed by atoms with Gasteiger partial charge >= 0.3 is 5.97 Å². The molecule has 1 aromatic heterocycles. The van der Waals surface area contributed by atoms with Crippen LogP contribution >= 0.6 is 0 Å². The lowest BCUT2D eigenvalue weighted by atomic mass is 10.1. The molecule has 6 N–H and O–H groups in total. The second-order valence-corrected chi connectivity index (χ2v) is 5.60. The van der Waals surface area contributed by atoms with Gasteiger partial charge in [-0.3, -0.25) is 0 Å². The van der Waals surface area contributed by atoms with Crippen molar-refractivity contribution in [1.29, 1.82) is 0 Å². The Morgan fingerprint density at radius 2 is 1.79 bits per heavy atom. The zero-order valence-corrected chi connectivity index (χ0v) is 10.5. The Bertz CT molecular complexity index is 538. The van der Waals surface area contributed by atoms with Crippen molar-refractivity contribution < 1.29 is 33.6 Å². The lowest BCUT2D eigenvalue weighted by Crippen LogP contribution is -2.56. The molecule has 0 fully saturated rings. The smallest absolute Gasteiger partial charge is 0.352 e. The average Bonchev–Trinajstić information content (AvgIpc) is 2.86. The second-order valence-electron chi connectivity index (χ2n) is 3.91. The van der Waals surface area contributed by atoms with Crippen LogP contribution in [-0.4, -0.2) is 65.2 Å². The largest absolute Gasteiger partial charge is 0.477 e. The van der Waals surface area contributed by atoms with E-state index in [1.54, 1.807) is 0 Å². The van der Waals surface area contributed by atoms with Crippen molar-refractivity contribution in [3.8, 4) is 0 Å². The maximum atomic E-state index is 11.9. The first-order valence-corrected chi connectivity index (χ1v) is 6.57. The SMILES string of the molecule is O=C(O)c1cc(S(=O)(=O)NC(CO)(CO)CO)c[nH]1. The second kappa shape index (κ2) is 5.67. The van der Waals surface area contributed by atoms with Gasteiger partial charge in [0.05, 0.1) is 19.8 Å². The predicted molar refractivity (Wildman–Crippen MR) is 62.1 cm³/mol. The lowest BCUT2D eigenvalue weighted by Gasteiger charge is -2.27. The fourth-order valence-electron chi connectivity index (χ4n) is 1.24. The molecule has 10 heteroatoms. The molecule has 1 aromatic rings. The third-order valence-corrected chi connectivity index (χ3v) is 4.01. The number of aromatic amines is 1. The van der Waals surface area contributed by atoms with Gasteiger partial charge in [-0.25, -0.2) is 13.2 Å². The van der Waals surface area contributed by atoms with Crippen molar-refractivity contribution in [2.24, 2.45) is 0 Å². The first-order chi connectivity index (χ1) is 8.80. The molecule has 0 atom stereocenters. The fraction of sp³-hybridized carbons (Fsp3) is 0.444. The summed E-state index contributed by atoms with van der Waals surface area (Å²) in [6, 6.07) is 0.877. The summed E-state index contributed by atoms with van der Waals surface area (Å²) in [6.07, 6.45) is 0.947. The van der Waals surface area contributed by atoms with Crippen LogP contribution in [0, 0.1) is 0 Å². The van der Waals surface area contributed by atoms with E-state index < -0.39 is 41.4 Å². The Labute approximate surface area is 108 Å². The lowest BCUT2D eigenvalue weighted by molar-refractivity contribution is 0.0581. The molecule has 0 amide bonds. The third kappa shape index (κ3) is 3.30. The first kappa shape index (κ1) is 15.6. The van der Waals surface area contributed by atoms with Gasteiger partial charge in [-0.1, -0.05) is 0 Å². The number of hydrogen-bond acceptors (Lipinski definition) is 6. The van der Waals surface area contributed by atoms with Crippen LogP contribution < -0.4 is 4.72 Å². The van der Waals surface area contributed by atoms with E-state index in [0.29, 0.717) is 0 Å². The summed E-state index contributed by atoms with van der Waals surface area (Å²) in [4.78, 5) is 12.5. The Morgan fingerprint density at radius 1 is 1.26 bits per heavy atom. The van der Waals surface area contributed by atoms with Crippen molar-refractivity contribution in [3.05, 3.63) is 18.0 Å². The molecule has 0 aliphatic heterocycles. The molecule has 0 spiro atoms. The quantitative estimate of drug-likeness (QED) is 0.330. The number of carbonyl (C=O) groups is 1. The van der Waals surface area contributed by atoms with Crippen LogP contribution in [0.4, 0.5) is 0 Å². The van der Waals surface area contributed by atoms with E-state index >= 15 is 0 Å². The monoisotopic (exact) mass is 294 g/mol. The molecule has 0 aromatic carbocycles. The van der Waals surface area contributed by atoms with Crippen LogP contribution in [0.5, 0.6) is 0 Å². The molecule has 0 bridgehead atoms. The zero-order chi connectivity index (χ0) is 14.7. The summed E-state index contributed by atoms with van der Waals surface area (Å²) < 4.78 is 25.7. The molecule has 0 aliphatic rings. The predicted octanol–water partition coefficient (Wildman–Crippen LogP) is -2.29. The minimum absolute atomic E-state index is 0.331. The molecule has 1 heterocycles. The van der Waals surface area contributed by atoms with Crippen LogP contribution in [0.1, 0.15) is 10.5 Å². The van der Waals surface area contributed by atoms with Gasteiger partial charge in [0.2, 0.25) is 10.0 Å². The van der Waals surface area contributed by atoms with Crippen LogP contribution in [0.25, 0.3) is 0 Å². The Balaban J connectivity index is 3.06. The normalized spacial score (nSPS) is 12.6. The number of rotatable bonds is 7. The van der Waals surface area contributed by atoms with Crippen LogP contribution in [0.15, 0.2) is 17.2 Å². The van der Waals surface area contributed by atoms with E-state index in [-0.39, 0.29) is 10.6 Å². The number of carboxylic acid groups (broad SMARTS) is 1. The molecule has 108 valence electrons. The summed E-state index contributed by atoms with van der Waals surface area (Å²) in [7, 11) is -4.19. The van der Waals surface area contributed by atoms with Crippen molar-refractivity contribution in [3.63, 3.8) is 0 Å².